The summed E-state index contributed by atoms with van der Waals surface area (Å²) in [6.45, 7) is -0.363. The van der Waals surface area contributed by atoms with Gasteiger partial charge in [0.2, 0.25) is 6.41 Å². The van der Waals surface area contributed by atoms with E-state index in [1.807, 2.05) is 0 Å². The van der Waals surface area contributed by atoms with Crippen LogP contribution in [0.15, 0.2) is 18.2 Å². The molecule has 0 atom stereocenters. The van der Waals surface area contributed by atoms with E-state index in [9.17, 15) is 14.9 Å². The van der Waals surface area contributed by atoms with E-state index in [2.05, 4.69) is 5.32 Å². The summed E-state index contributed by atoms with van der Waals surface area (Å²) in [5.41, 5.74) is 0.116. The summed E-state index contributed by atoms with van der Waals surface area (Å²) in [6.07, 6.45) is 0.335. The molecule has 0 bridgehead atoms. The fourth-order valence-electron chi connectivity index (χ4n) is 1.10. The Balaban J connectivity index is 3.27. The molecule has 0 saturated heterocycles. The largest absolute Gasteiger partial charge is 0.392 e. The van der Waals surface area contributed by atoms with Crippen molar-refractivity contribution in [2.75, 3.05) is 5.32 Å². The third-order valence-corrected chi connectivity index (χ3v) is 1.70. The highest BCUT2D eigenvalue weighted by atomic mass is 16.6. The third-order valence-electron chi connectivity index (χ3n) is 1.70. The van der Waals surface area contributed by atoms with Gasteiger partial charge in [-0.05, 0) is 0 Å². The first-order valence-electron chi connectivity index (χ1n) is 3.78. The SMILES string of the molecule is O=CNc1c(CO)cccc1[N+](=O)[O-]. The van der Waals surface area contributed by atoms with Crippen LogP contribution in [0.5, 0.6) is 0 Å². The molecule has 0 radical (unpaired) electrons. The Bertz CT molecular complexity index is 364. The second kappa shape index (κ2) is 4.33. The van der Waals surface area contributed by atoms with Crippen molar-refractivity contribution in [2.45, 2.75) is 6.61 Å². The van der Waals surface area contributed by atoms with Crippen LogP contribution in [0, 0.1) is 10.1 Å². The molecule has 0 heterocycles. The summed E-state index contributed by atoms with van der Waals surface area (Å²) in [6, 6.07) is 4.20. The number of hydrogen-bond acceptors (Lipinski definition) is 4. The van der Waals surface area contributed by atoms with Gasteiger partial charge in [-0.3, -0.25) is 14.9 Å². The number of nitrogens with one attached hydrogen (secondary N) is 1. The Labute approximate surface area is 79.3 Å². The van der Waals surface area contributed by atoms with E-state index in [1.165, 1.54) is 18.2 Å². The monoisotopic (exact) mass is 196 g/mol. The number of aliphatic hydroxyl groups is 1. The highest BCUT2D eigenvalue weighted by Crippen LogP contribution is 2.27. The van der Waals surface area contributed by atoms with Crippen molar-refractivity contribution < 1.29 is 14.8 Å². The Morgan fingerprint density at radius 1 is 1.57 bits per heavy atom. The molecule has 6 heteroatoms. The van der Waals surface area contributed by atoms with E-state index < -0.39 is 4.92 Å². The van der Waals surface area contributed by atoms with Gasteiger partial charge in [0.15, 0.2) is 0 Å². The molecule has 0 aromatic heterocycles. The van der Waals surface area contributed by atoms with Crippen LogP contribution in [0.25, 0.3) is 0 Å². The van der Waals surface area contributed by atoms with Crippen LogP contribution in [-0.2, 0) is 11.4 Å². The van der Waals surface area contributed by atoms with Gasteiger partial charge in [-0.2, -0.15) is 0 Å². The molecule has 6 nitrogen and oxygen atoms in total. The van der Waals surface area contributed by atoms with Crippen molar-refractivity contribution in [3.05, 3.63) is 33.9 Å². The Hall–Kier alpha value is -1.95. The van der Waals surface area contributed by atoms with Crippen LogP contribution < -0.4 is 5.32 Å². The number of nitro benzene ring substituents is 1. The minimum atomic E-state index is -0.620. The summed E-state index contributed by atoms with van der Waals surface area (Å²) in [5.74, 6) is 0. The van der Waals surface area contributed by atoms with Crippen molar-refractivity contribution >= 4 is 17.8 Å². The lowest BCUT2D eigenvalue weighted by Crippen LogP contribution is -2.03. The van der Waals surface area contributed by atoms with Crippen molar-refractivity contribution in [3.8, 4) is 0 Å². The number of anilines is 1. The zero-order valence-electron chi connectivity index (χ0n) is 7.14. The van der Waals surface area contributed by atoms with Crippen molar-refractivity contribution in [3.63, 3.8) is 0 Å². The minimum absolute atomic E-state index is 0.0370. The lowest BCUT2D eigenvalue weighted by atomic mass is 10.1. The second-order valence-electron chi connectivity index (χ2n) is 2.49. The molecule has 74 valence electrons. The Kier molecular flexibility index (Phi) is 3.14. The molecule has 0 aliphatic heterocycles. The number of para-hydroxylation sites is 1. The number of aliphatic hydroxyl groups excluding tert-OH is 1. The van der Waals surface area contributed by atoms with Crippen molar-refractivity contribution in [1.82, 2.24) is 0 Å². The summed E-state index contributed by atoms with van der Waals surface area (Å²) >= 11 is 0. The smallest absolute Gasteiger partial charge is 0.293 e. The highest BCUT2D eigenvalue weighted by Gasteiger charge is 2.15. The molecule has 2 N–H and O–H groups in total. The number of nitro groups is 1. The van der Waals surface area contributed by atoms with E-state index in [0.717, 1.165) is 0 Å². The molecule has 0 saturated carbocycles. The summed E-state index contributed by atoms with van der Waals surface area (Å²) in [7, 11) is 0. The first kappa shape index (κ1) is 10.1. The zero-order chi connectivity index (χ0) is 10.6. The standard InChI is InChI=1S/C8H8N2O4/c11-4-6-2-1-3-7(10(13)14)8(6)9-5-12/h1-3,5,11H,4H2,(H,9,12). The Morgan fingerprint density at radius 3 is 2.79 bits per heavy atom. The van der Waals surface area contributed by atoms with Gasteiger partial charge in [-0.25, -0.2) is 0 Å². The summed E-state index contributed by atoms with van der Waals surface area (Å²) in [5, 5.41) is 21.6. The molecule has 1 aromatic rings. The maximum absolute atomic E-state index is 10.5. The van der Waals surface area contributed by atoms with E-state index in [0.29, 0.717) is 12.0 Å². The molecule has 1 rings (SSSR count). The molecule has 14 heavy (non-hydrogen) atoms. The predicted octanol–water partition coefficient (Wildman–Crippen LogP) is 0.655. The lowest BCUT2D eigenvalue weighted by Gasteiger charge is -2.05. The van der Waals surface area contributed by atoms with Crippen LogP contribution in [0.4, 0.5) is 11.4 Å². The average molecular weight is 196 g/mol. The van der Waals surface area contributed by atoms with Gasteiger partial charge in [0, 0.05) is 11.6 Å². The number of nitrogens with zero attached hydrogens (tertiary/aromatic N) is 1. The van der Waals surface area contributed by atoms with Crippen LogP contribution in [0.2, 0.25) is 0 Å². The van der Waals surface area contributed by atoms with Gasteiger partial charge in [-0.1, -0.05) is 12.1 Å². The fourth-order valence-corrected chi connectivity index (χ4v) is 1.10. The zero-order valence-corrected chi connectivity index (χ0v) is 7.14. The molecule has 0 unspecified atom stereocenters. The van der Waals surface area contributed by atoms with Crippen molar-refractivity contribution in [1.29, 1.82) is 0 Å². The maximum atomic E-state index is 10.5. The van der Waals surface area contributed by atoms with Gasteiger partial charge < -0.3 is 10.4 Å². The van der Waals surface area contributed by atoms with Crippen molar-refractivity contribution in [2.24, 2.45) is 0 Å². The predicted molar refractivity (Wildman–Crippen MR) is 48.7 cm³/mol. The topological polar surface area (TPSA) is 92.5 Å². The second-order valence-corrected chi connectivity index (χ2v) is 2.49. The number of rotatable bonds is 4. The minimum Gasteiger partial charge on any atom is -0.392 e. The normalized spacial score (nSPS) is 9.50. The molecule has 0 aliphatic carbocycles. The Morgan fingerprint density at radius 2 is 2.29 bits per heavy atom. The number of hydrogen-bond donors (Lipinski definition) is 2. The van der Waals surface area contributed by atoms with Gasteiger partial charge in [0.1, 0.15) is 5.69 Å². The number of amides is 1. The van der Waals surface area contributed by atoms with E-state index in [1.54, 1.807) is 0 Å². The van der Waals surface area contributed by atoms with Gasteiger partial charge in [0.25, 0.3) is 5.69 Å². The number of carbonyl (C=O) groups is 1. The number of carbonyl (C=O) groups excluding carboxylic acids is 1. The molecule has 1 amide bonds. The molecule has 0 fully saturated rings. The lowest BCUT2D eigenvalue weighted by molar-refractivity contribution is -0.384. The summed E-state index contributed by atoms with van der Waals surface area (Å²) in [4.78, 5) is 20.1. The first-order valence-corrected chi connectivity index (χ1v) is 3.78. The van der Waals surface area contributed by atoms with Crippen LogP contribution in [0.3, 0.4) is 0 Å². The molecular formula is C8H8N2O4. The van der Waals surface area contributed by atoms with Crippen LogP contribution >= 0.6 is 0 Å². The van der Waals surface area contributed by atoms with Gasteiger partial charge in [0.05, 0.1) is 11.5 Å². The van der Waals surface area contributed by atoms with E-state index in [-0.39, 0.29) is 18.0 Å². The maximum Gasteiger partial charge on any atom is 0.293 e. The highest BCUT2D eigenvalue weighted by molar-refractivity contribution is 5.79. The van der Waals surface area contributed by atoms with Crippen LogP contribution in [-0.4, -0.2) is 16.4 Å². The molecule has 1 aromatic carbocycles. The van der Waals surface area contributed by atoms with E-state index in [4.69, 9.17) is 5.11 Å². The molecular weight excluding hydrogens is 188 g/mol. The quantitative estimate of drug-likeness (QED) is 0.420. The summed E-state index contributed by atoms with van der Waals surface area (Å²) < 4.78 is 0. The molecule has 0 aliphatic rings. The first-order chi connectivity index (χ1) is 6.70. The fraction of sp³-hybridized carbons (Fsp3) is 0.125. The van der Waals surface area contributed by atoms with Gasteiger partial charge >= 0.3 is 0 Å². The third kappa shape index (κ3) is 1.86. The number of benzene rings is 1. The molecule has 0 spiro atoms. The van der Waals surface area contributed by atoms with Crippen LogP contribution in [0.1, 0.15) is 5.56 Å². The van der Waals surface area contributed by atoms with E-state index >= 15 is 0 Å². The average Bonchev–Trinajstić information content (AvgIpc) is 2.18. The van der Waals surface area contributed by atoms with Gasteiger partial charge in [-0.15, -0.1) is 0 Å².